The van der Waals surface area contributed by atoms with E-state index in [2.05, 4.69) is 0 Å². The summed E-state index contributed by atoms with van der Waals surface area (Å²) in [5.74, 6) is -1.29. The Balaban J connectivity index is 4.24. The minimum absolute atomic E-state index is 0.405. The Bertz CT molecular complexity index is 136. The molecular formula is C6H12FNO. The molecule has 3 heteroatoms. The van der Waals surface area contributed by atoms with Crippen LogP contribution in [-0.2, 0) is 4.79 Å². The van der Waals surface area contributed by atoms with E-state index in [1.165, 1.54) is 12.7 Å². The highest BCUT2D eigenvalue weighted by Gasteiger charge is 2.33. The van der Waals surface area contributed by atoms with E-state index in [0.717, 1.165) is 0 Å². The zero-order valence-electron chi connectivity index (χ0n) is 6.86. The first-order valence-corrected chi connectivity index (χ1v) is 2.84. The third-order valence-corrected chi connectivity index (χ3v) is 1.53. The van der Waals surface area contributed by atoms with Crippen LogP contribution in [0.5, 0.6) is 0 Å². The number of alkyl halides is 1. The summed E-state index contributed by atoms with van der Waals surface area (Å²) in [5.41, 5.74) is -0.406. The summed E-state index contributed by atoms with van der Waals surface area (Å²) < 4.78 is 19.5. The normalized spacial score (nSPS) is 18.6. The van der Waals surface area contributed by atoms with Crippen LogP contribution in [0.3, 0.4) is 0 Å². The number of carbonyl (C=O) groups is 1. The first kappa shape index (κ1) is 6.52. The molecule has 0 radical (unpaired) electrons. The third-order valence-electron chi connectivity index (χ3n) is 1.53. The van der Waals surface area contributed by atoms with Gasteiger partial charge in [0.1, 0.15) is 0 Å². The molecule has 1 unspecified atom stereocenters. The zero-order valence-corrected chi connectivity index (χ0v) is 5.86. The van der Waals surface area contributed by atoms with Crippen LogP contribution in [0.4, 0.5) is 4.39 Å². The quantitative estimate of drug-likeness (QED) is 0.598. The molecule has 0 aromatic heterocycles. The molecule has 0 fully saturated rings. The Hall–Kier alpha value is -0.600. The second-order valence-corrected chi connectivity index (χ2v) is 2.56. The van der Waals surface area contributed by atoms with E-state index in [0.29, 0.717) is 0 Å². The first-order chi connectivity index (χ1) is 4.42. The molecule has 0 bridgehead atoms. The fraction of sp³-hybridized carbons (Fsp3) is 0.833. The van der Waals surface area contributed by atoms with Crippen LogP contribution in [0.15, 0.2) is 0 Å². The van der Waals surface area contributed by atoms with E-state index in [4.69, 9.17) is 1.41 Å². The zero-order chi connectivity index (χ0) is 8.36. The van der Waals surface area contributed by atoms with Gasteiger partial charge in [0, 0.05) is 0 Å². The molecule has 0 saturated carbocycles. The predicted molar refractivity (Wildman–Crippen MR) is 33.5 cm³/mol. The molecule has 0 aromatic carbocycles. The maximum absolute atomic E-state index is 13.1. The maximum atomic E-state index is 13.1. The summed E-state index contributed by atoms with van der Waals surface area (Å²) in [7, 11) is 0. The van der Waals surface area contributed by atoms with E-state index in [9.17, 15) is 9.18 Å². The molecule has 0 aliphatic heterocycles. The van der Waals surface area contributed by atoms with Crippen molar-refractivity contribution in [2.75, 3.05) is 0 Å². The molecule has 54 valence electrons. The van der Waals surface area contributed by atoms with Crippen molar-refractivity contribution < 1.29 is 10.6 Å². The monoisotopic (exact) mass is 134 g/mol. The van der Waals surface area contributed by atoms with Crippen molar-refractivity contribution in [3.63, 3.8) is 0 Å². The highest BCUT2D eigenvalue weighted by atomic mass is 19.1. The van der Waals surface area contributed by atoms with Crippen molar-refractivity contribution in [2.45, 2.75) is 26.4 Å². The molecule has 0 aromatic rings. The molecule has 0 aliphatic carbocycles. The Kier molecular flexibility index (Phi) is 1.69. The fourth-order valence-corrected chi connectivity index (χ4v) is 0.262. The molecule has 0 heterocycles. The highest BCUT2D eigenvalue weighted by molar-refractivity contribution is 5.83. The average molecular weight is 134 g/mol. The van der Waals surface area contributed by atoms with E-state index < -0.39 is 17.5 Å². The van der Waals surface area contributed by atoms with Crippen LogP contribution in [0.25, 0.3) is 0 Å². The Morgan fingerprint density at radius 2 is 2.33 bits per heavy atom. The van der Waals surface area contributed by atoms with E-state index in [-0.39, 0.29) is 0 Å². The van der Waals surface area contributed by atoms with Crippen LogP contribution in [-0.4, -0.2) is 11.6 Å². The highest BCUT2D eigenvalue weighted by Crippen LogP contribution is 2.19. The Morgan fingerprint density at radius 1 is 1.89 bits per heavy atom. The van der Waals surface area contributed by atoms with Crippen LogP contribution in [0, 0.1) is 5.92 Å². The van der Waals surface area contributed by atoms with E-state index >= 15 is 0 Å². The van der Waals surface area contributed by atoms with Gasteiger partial charge in [-0.15, -0.1) is 0 Å². The van der Waals surface area contributed by atoms with Crippen molar-refractivity contribution >= 4 is 5.91 Å². The number of rotatable bonds is 2. The van der Waals surface area contributed by atoms with E-state index in [1.54, 1.807) is 13.8 Å². The third kappa shape index (κ3) is 1.66. The molecule has 0 rings (SSSR count). The molecule has 1 amide bonds. The van der Waals surface area contributed by atoms with Crippen molar-refractivity contribution in [3.8, 4) is 0 Å². The van der Waals surface area contributed by atoms with Gasteiger partial charge in [0.2, 0.25) is 0 Å². The maximum Gasteiger partial charge on any atom is 0.255 e. The summed E-state index contributed by atoms with van der Waals surface area (Å²) in [4.78, 5) is 10.6. The van der Waals surface area contributed by atoms with Crippen molar-refractivity contribution in [3.05, 3.63) is 0 Å². The van der Waals surface area contributed by atoms with Crippen LogP contribution in [0.1, 0.15) is 20.8 Å². The molecule has 0 spiro atoms. The number of nitrogens with two attached hydrogens (primary N) is 1. The Morgan fingerprint density at radius 3 is 2.44 bits per heavy atom. The minimum Gasteiger partial charge on any atom is -0.367 e. The predicted octanol–water partition coefficient (Wildman–Crippen LogP) is 0.856. The van der Waals surface area contributed by atoms with Gasteiger partial charge in [-0.05, 0) is 12.8 Å². The lowest BCUT2D eigenvalue weighted by Gasteiger charge is -2.19. The lowest BCUT2D eigenvalue weighted by atomic mass is 9.94. The number of hydrogen-bond acceptors (Lipinski definition) is 1. The Labute approximate surface area is 55.7 Å². The second kappa shape index (κ2) is 2.33. The molecule has 9 heavy (non-hydrogen) atoms. The lowest BCUT2D eigenvalue weighted by molar-refractivity contribution is -0.130. The van der Waals surface area contributed by atoms with Crippen LogP contribution >= 0.6 is 0 Å². The number of amides is 1. The topological polar surface area (TPSA) is 43.1 Å². The first-order valence-electron chi connectivity index (χ1n) is 3.34. The van der Waals surface area contributed by atoms with Gasteiger partial charge >= 0.3 is 0 Å². The molecule has 1 atom stereocenters. The lowest BCUT2D eigenvalue weighted by Crippen LogP contribution is -2.41. The van der Waals surface area contributed by atoms with Crippen LogP contribution < -0.4 is 5.73 Å². The van der Waals surface area contributed by atoms with Crippen molar-refractivity contribution in [1.29, 1.82) is 0 Å². The molecule has 2 N–H and O–H groups in total. The second-order valence-electron chi connectivity index (χ2n) is 2.56. The standard InChI is InChI=1S/C6H12FNO/c1-4(2)6(3,7)5(8)9/h4H,1-3H3,(H2,8,9)/i/hD. The van der Waals surface area contributed by atoms with Gasteiger partial charge < -0.3 is 5.73 Å². The van der Waals surface area contributed by atoms with Crippen molar-refractivity contribution in [2.24, 2.45) is 11.6 Å². The fourth-order valence-electron chi connectivity index (χ4n) is 0.262. The van der Waals surface area contributed by atoms with Gasteiger partial charge in [-0.3, -0.25) is 4.79 Å². The number of carbonyl (C=O) groups excluding carboxylic acids is 1. The summed E-state index contributed by atoms with van der Waals surface area (Å²) in [6.45, 7) is 4.35. The van der Waals surface area contributed by atoms with Gasteiger partial charge in [-0.2, -0.15) is 0 Å². The van der Waals surface area contributed by atoms with E-state index in [1.807, 2.05) is 0 Å². The molecular weight excluding hydrogens is 121 g/mol. The molecule has 0 aliphatic rings. The summed E-state index contributed by atoms with van der Waals surface area (Å²) in [6, 6.07) is 0. The van der Waals surface area contributed by atoms with Gasteiger partial charge in [0.05, 0.1) is 0 Å². The van der Waals surface area contributed by atoms with Crippen LogP contribution in [0.2, 0.25) is 1.41 Å². The number of hydrogen-bond donors (Lipinski definition) is 1. The molecule has 0 saturated heterocycles. The largest absolute Gasteiger partial charge is 0.367 e. The smallest absolute Gasteiger partial charge is 0.255 e. The number of primary amides is 1. The van der Waals surface area contributed by atoms with Crippen molar-refractivity contribution in [1.82, 2.24) is 0 Å². The van der Waals surface area contributed by atoms with Gasteiger partial charge in [-0.25, -0.2) is 4.39 Å². The van der Waals surface area contributed by atoms with Gasteiger partial charge in [0.25, 0.3) is 5.91 Å². The summed E-state index contributed by atoms with van der Waals surface area (Å²) in [5, 5.41) is 0. The summed E-state index contributed by atoms with van der Waals surface area (Å²) >= 11 is 0. The summed E-state index contributed by atoms with van der Waals surface area (Å²) in [6.07, 6.45) is 0. The average Bonchev–Trinajstić information content (AvgIpc) is 1.86. The minimum atomic E-state index is -1.93. The SMILES string of the molecule is [2H]NC(=O)C(C)(F)C(C)C. The van der Waals surface area contributed by atoms with Gasteiger partial charge in [-0.1, -0.05) is 13.8 Å². The number of halogens is 1. The molecule has 2 nitrogen and oxygen atoms in total. The van der Waals surface area contributed by atoms with Gasteiger partial charge in [0.15, 0.2) is 7.08 Å².